The second-order valence-electron chi connectivity index (χ2n) is 5.88. The normalized spacial score (nSPS) is 14.3. The zero-order valence-corrected chi connectivity index (χ0v) is 15.4. The Morgan fingerprint density at radius 3 is 1.48 bits per heavy atom. The molecule has 0 bridgehead atoms. The van der Waals surface area contributed by atoms with Gasteiger partial charge < -0.3 is 4.84 Å². The van der Waals surface area contributed by atoms with Crippen molar-refractivity contribution in [2.45, 2.75) is 24.2 Å². The number of halogens is 6. The molecular formula is C18H15F6NO3S. The predicted octanol–water partition coefficient (Wildman–Crippen LogP) is 4.62. The highest BCUT2D eigenvalue weighted by molar-refractivity contribution is 7.72. The first kappa shape index (κ1) is 22.7. The Morgan fingerprint density at radius 2 is 1.17 bits per heavy atom. The van der Waals surface area contributed by atoms with Crippen LogP contribution in [0.3, 0.4) is 0 Å². The van der Waals surface area contributed by atoms with E-state index in [-0.39, 0.29) is 0 Å². The molecule has 4 nitrogen and oxygen atoms in total. The van der Waals surface area contributed by atoms with Crippen LogP contribution in [0.5, 0.6) is 0 Å². The Bertz CT molecular complexity index is 828. The average molecular weight is 439 g/mol. The first-order valence-electron chi connectivity index (χ1n) is 8.06. The Hall–Kier alpha value is -2.56. The number of alkyl halides is 6. The monoisotopic (exact) mass is 439 g/mol. The third-order valence-electron chi connectivity index (χ3n) is 3.85. The quantitative estimate of drug-likeness (QED) is 0.297. The number of hydrogen-bond donors (Lipinski definition) is 1. The van der Waals surface area contributed by atoms with Gasteiger partial charge in [0.15, 0.2) is 10.7 Å². The number of nitrogens with zero attached hydrogens (tertiary/aromatic N) is 1. The fourth-order valence-electron chi connectivity index (χ4n) is 2.77. The van der Waals surface area contributed by atoms with Gasteiger partial charge in [0.1, 0.15) is 11.8 Å². The smallest absolute Gasteiger partial charge is 0.380 e. The summed E-state index contributed by atoms with van der Waals surface area (Å²) >= 11 is 0. The van der Waals surface area contributed by atoms with E-state index in [1.807, 2.05) is 0 Å². The molecule has 0 saturated heterocycles. The molecule has 29 heavy (non-hydrogen) atoms. The van der Waals surface area contributed by atoms with E-state index in [2.05, 4.69) is 9.99 Å². The topological polar surface area (TPSA) is 55.7 Å². The van der Waals surface area contributed by atoms with E-state index in [9.17, 15) is 34.8 Å². The maximum atomic E-state index is 13.9. The number of thiol groups is 1. The highest BCUT2D eigenvalue weighted by atomic mass is 32.2. The Morgan fingerprint density at radius 1 is 0.793 bits per heavy atom. The molecular weight excluding hydrogens is 424 g/mol. The Balaban J connectivity index is 2.71. The van der Waals surface area contributed by atoms with Gasteiger partial charge in [0.2, 0.25) is 5.94 Å². The zero-order valence-electron chi connectivity index (χ0n) is 14.5. The van der Waals surface area contributed by atoms with Gasteiger partial charge in [0.25, 0.3) is 0 Å². The lowest BCUT2D eigenvalue weighted by molar-refractivity contribution is -0.148. The van der Waals surface area contributed by atoms with Crippen LogP contribution in [0, 0.1) is 0 Å². The van der Waals surface area contributed by atoms with Gasteiger partial charge in [-0.15, -0.1) is 0 Å². The van der Waals surface area contributed by atoms with Crippen LogP contribution in [0.4, 0.5) is 26.3 Å². The van der Waals surface area contributed by atoms with Crippen molar-refractivity contribution in [2.24, 2.45) is 5.16 Å². The Kier molecular flexibility index (Phi) is 7.28. The summed E-state index contributed by atoms with van der Waals surface area (Å²) in [7, 11) is -3.23. The minimum atomic E-state index is -5.15. The van der Waals surface area contributed by atoms with Gasteiger partial charge >= 0.3 is 12.4 Å². The van der Waals surface area contributed by atoms with Crippen LogP contribution < -0.4 is 0 Å². The molecule has 0 aliphatic rings. The van der Waals surface area contributed by atoms with Crippen molar-refractivity contribution in [3.05, 3.63) is 71.8 Å². The fraction of sp³-hybridized carbons (Fsp3) is 0.278. The van der Waals surface area contributed by atoms with Crippen molar-refractivity contribution < 1.29 is 39.6 Å². The second kappa shape index (κ2) is 9.29. The van der Waals surface area contributed by atoms with E-state index in [4.69, 9.17) is 0 Å². The molecule has 2 aromatic rings. The molecule has 0 heterocycles. The lowest BCUT2D eigenvalue weighted by Crippen LogP contribution is -2.38. The van der Waals surface area contributed by atoms with Crippen LogP contribution in [-0.2, 0) is 15.5 Å². The van der Waals surface area contributed by atoms with Crippen LogP contribution in [0.25, 0.3) is 0 Å². The van der Waals surface area contributed by atoms with Crippen molar-refractivity contribution in [1.29, 1.82) is 0 Å². The molecule has 2 aromatic carbocycles. The van der Waals surface area contributed by atoms with E-state index in [1.165, 1.54) is 36.4 Å². The molecule has 11 heteroatoms. The summed E-state index contributed by atoms with van der Waals surface area (Å²) in [5.41, 5.74) is -2.38. The van der Waals surface area contributed by atoms with Crippen molar-refractivity contribution in [2.75, 3.05) is 5.94 Å². The third kappa shape index (κ3) is 6.21. The van der Waals surface area contributed by atoms with Gasteiger partial charge in [-0.3, -0.25) is 0 Å². The molecule has 0 radical (unpaired) electrons. The molecule has 0 saturated carbocycles. The molecule has 2 unspecified atom stereocenters. The number of hydrogen-bond acceptors (Lipinski definition) is 4. The van der Waals surface area contributed by atoms with E-state index in [0.717, 1.165) is 24.3 Å². The number of rotatable bonds is 7. The summed E-state index contributed by atoms with van der Waals surface area (Å²) < 4.78 is 105. The van der Waals surface area contributed by atoms with Gasteiger partial charge in [-0.2, -0.15) is 26.3 Å². The third-order valence-corrected chi connectivity index (χ3v) is 4.17. The van der Waals surface area contributed by atoms with Crippen LogP contribution in [-0.4, -0.2) is 32.4 Å². The lowest BCUT2D eigenvalue weighted by Gasteiger charge is -2.29. The number of benzene rings is 2. The molecule has 0 N–H and O–H groups in total. The van der Waals surface area contributed by atoms with Crippen LogP contribution in [0.1, 0.15) is 23.0 Å². The van der Waals surface area contributed by atoms with Crippen molar-refractivity contribution in [1.82, 2.24) is 0 Å². The summed E-state index contributed by atoms with van der Waals surface area (Å²) in [6.45, 7) is 0. The number of oxime groups is 1. The van der Waals surface area contributed by atoms with E-state index in [0.29, 0.717) is 0 Å². The second-order valence-corrected chi connectivity index (χ2v) is 6.80. The average Bonchev–Trinajstić information content (AvgIpc) is 2.61. The predicted molar refractivity (Wildman–Crippen MR) is 94.2 cm³/mol. The summed E-state index contributed by atoms with van der Waals surface area (Å²) in [6, 6.07) is 11.8. The van der Waals surface area contributed by atoms with Gasteiger partial charge in [0.05, 0.1) is 5.71 Å². The first-order chi connectivity index (χ1) is 13.5. The summed E-state index contributed by atoms with van der Waals surface area (Å²) in [5.74, 6) is -6.68. The van der Waals surface area contributed by atoms with Crippen LogP contribution in [0.15, 0.2) is 65.8 Å². The molecule has 0 fully saturated rings. The minimum Gasteiger partial charge on any atom is -0.380 e. The van der Waals surface area contributed by atoms with Gasteiger partial charge in [-0.1, -0.05) is 65.8 Å². The summed E-state index contributed by atoms with van der Waals surface area (Å²) in [4.78, 5) is 4.34. The van der Waals surface area contributed by atoms with E-state index in [1.54, 1.807) is 0 Å². The largest absolute Gasteiger partial charge is 0.401 e. The van der Waals surface area contributed by atoms with Gasteiger partial charge in [0, 0.05) is 0 Å². The van der Waals surface area contributed by atoms with Crippen LogP contribution >= 0.6 is 0 Å². The molecule has 0 aliphatic carbocycles. The molecule has 0 amide bonds. The summed E-state index contributed by atoms with van der Waals surface area (Å²) in [5, 5.41) is 3.04. The van der Waals surface area contributed by atoms with E-state index < -0.39 is 57.7 Å². The minimum absolute atomic E-state index is 0.487. The van der Waals surface area contributed by atoms with Crippen LogP contribution in [0.2, 0.25) is 0 Å². The molecule has 0 aliphatic heterocycles. The molecule has 0 aromatic heterocycles. The highest BCUT2D eigenvalue weighted by Gasteiger charge is 2.54. The molecule has 0 spiro atoms. The molecule has 158 valence electrons. The van der Waals surface area contributed by atoms with Crippen molar-refractivity contribution >= 4 is 16.4 Å². The van der Waals surface area contributed by atoms with Gasteiger partial charge in [-0.05, 0) is 11.1 Å². The first-order valence-corrected chi connectivity index (χ1v) is 9.43. The van der Waals surface area contributed by atoms with Crippen molar-refractivity contribution in [3.63, 3.8) is 0 Å². The summed E-state index contributed by atoms with van der Waals surface area (Å²) in [6.07, 6.45) is -10.3. The maximum Gasteiger partial charge on any atom is 0.401 e. The maximum absolute atomic E-state index is 13.9. The highest BCUT2D eigenvalue weighted by Crippen LogP contribution is 2.45. The van der Waals surface area contributed by atoms with Crippen molar-refractivity contribution in [3.8, 4) is 0 Å². The zero-order chi connectivity index (χ0) is 21.7. The Labute approximate surface area is 163 Å². The fourth-order valence-corrected chi connectivity index (χ4v) is 2.92. The van der Waals surface area contributed by atoms with Gasteiger partial charge in [-0.25, -0.2) is 8.42 Å². The SMILES string of the molecule is O=[SH](=O)CON=C(C(c1ccccc1)C(F)(F)F)C(c1ccccc1)C(F)(F)F. The molecule has 2 rings (SSSR count). The molecule has 2 atom stereocenters. The lowest BCUT2D eigenvalue weighted by atomic mass is 9.82. The van der Waals surface area contributed by atoms with E-state index >= 15 is 0 Å². The standard InChI is InChI=1S/C18H15F6NO3S/c19-17(20,21)14(12-7-3-1-4-8-12)16(25-28-11-29(26)27)15(18(22,23)24)13-9-5-2-6-10-13/h1-10,14-15,29H,11H2.